The summed E-state index contributed by atoms with van der Waals surface area (Å²) in [7, 11) is 0. The molecule has 1 aromatic carbocycles. The predicted molar refractivity (Wildman–Crippen MR) is 66.8 cm³/mol. The second kappa shape index (κ2) is 4.26. The molecule has 1 atom stereocenters. The average molecular weight is 225 g/mol. The van der Waals surface area contributed by atoms with E-state index in [9.17, 15) is 0 Å². The Morgan fingerprint density at radius 3 is 2.94 bits per heavy atom. The fourth-order valence-electron chi connectivity index (χ4n) is 2.36. The summed E-state index contributed by atoms with van der Waals surface area (Å²) in [4.78, 5) is 8.98. The summed E-state index contributed by atoms with van der Waals surface area (Å²) in [6.07, 6.45) is 3.72. The summed E-state index contributed by atoms with van der Waals surface area (Å²) in [5.41, 5.74) is 9.39. The summed E-state index contributed by atoms with van der Waals surface area (Å²) in [5, 5.41) is 0. The summed E-state index contributed by atoms with van der Waals surface area (Å²) < 4.78 is 0. The van der Waals surface area contributed by atoms with Gasteiger partial charge in [-0.15, -0.1) is 0 Å². The van der Waals surface area contributed by atoms with Crippen molar-refractivity contribution in [1.29, 1.82) is 0 Å². The maximum absolute atomic E-state index is 5.55. The van der Waals surface area contributed by atoms with Crippen molar-refractivity contribution in [2.75, 3.05) is 6.54 Å². The van der Waals surface area contributed by atoms with Crippen LogP contribution in [0, 0.1) is 0 Å². The molecule has 0 radical (unpaired) electrons. The number of hydrogen-bond acceptors (Lipinski definition) is 3. The lowest BCUT2D eigenvalue weighted by Crippen LogP contribution is -2.21. The van der Waals surface area contributed by atoms with Gasteiger partial charge < -0.3 is 5.73 Å². The smallest absolute Gasteiger partial charge is 0.136 e. The summed E-state index contributed by atoms with van der Waals surface area (Å²) in [5.74, 6) is 1.32. The monoisotopic (exact) mass is 225 g/mol. The van der Waals surface area contributed by atoms with Crippen molar-refractivity contribution in [2.45, 2.75) is 18.8 Å². The molecule has 0 spiro atoms. The zero-order valence-electron chi connectivity index (χ0n) is 9.63. The third-order valence-corrected chi connectivity index (χ3v) is 3.30. The van der Waals surface area contributed by atoms with Crippen LogP contribution in [0.2, 0.25) is 0 Å². The van der Waals surface area contributed by atoms with Crippen LogP contribution < -0.4 is 5.73 Å². The molecule has 3 rings (SSSR count). The van der Waals surface area contributed by atoms with Gasteiger partial charge in [-0.2, -0.15) is 0 Å². The van der Waals surface area contributed by atoms with Gasteiger partial charge in [0.2, 0.25) is 0 Å². The van der Waals surface area contributed by atoms with Crippen molar-refractivity contribution in [2.24, 2.45) is 5.73 Å². The van der Waals surface area contributed by atoms with Gasteiger partial charge in [-0.05, 0) is 30.2 Å². The fraction of sp³-hybridized carbons (Fsp3) is 0.286. The van der Waals surface area contributed by atoms with Crippen molar-refractivity contribution in [3.05, 3.63) is 59.2 Å². The molecule has 1 aliphatic rings. The molecule has 3 heteroatoms. The molecule has 1 unspecified atom stereocenters. The molecule has 2 N–H and O–H groups in total. The summed E-state index contributed by atoms with van der Waals surface area (Å²) in [6.45, 7) is 0.637. The molecule has 86 valence electrons. The van der Waals surface area contributed by atoms with Crippen molar-refractivity contribution in [3.8, 4) is 0 Å². The fourth-order valence-corrected chi connectivity index (χ4v) is 2.36. The lowest BCUT2D eigenvalue weighted by molar-refractivity contribution is 0.652. The highest BCUT2D eigenvalue weighted by Crippen LogP contribution is 2.38. The van der Waals surface area contributed by atoms with E-state index in [0.29, 0.717) is 12.5 Å². The molecule has 1 aliphatic carbocycles. The Morgan fingerprint density at radius 2 is 2.12 bits per heavy atom. The summed E-state index contributed by atoms with van der Waals surface area (Å²) >= 11 is 0. The first kappa shape index (κ1) is 10.4. The van der Waals surface area contributed by atoms with Crippen LogP contribution >= 0.6 is 0 Å². The largest absolute Gasteiger partial charge is 0.330 e. The molecule has 0 saturated heterocycles. The molecule has 2 aromatic rings. The van der Waals surface area contributed by atoms with E-state index < -0.39 is 0 Å². The van der Waals surface area contributed by atoms with Gasteiger partial charge in [0.05, 0.1) is 0 Å². The van der Waals surface area contributed by atoms with Crippen LogP contribution in [-0.2, 0) is 12.8 Å². The van der Waals surface area contributed by atoms with Crippen LogP contribution in [0.1, 0.15) is 28.6 Å². The Morgan fingerprint density at radius 1 is 1.24 bits per heavy atom. The Labute approximate surface area is 101 Å². The average Bonchev–Trinajstić information content (AvgIpc) is 2.32. The predicted octanol–water partition coefficient (Wildman–Crippen LogP) is 1.67. The zero-order valence-corrected chi connectivity index (χ0v) is 9.63. The molecule has 0 fully saturated rings. The molecule has 0 amide bonds. The third-order valence-electron chi connectivity index (χ3n) is 3.30. The third kappa shape index (κ3) is 1.83. The Kier molecular flexibility index (Phi) is 2.61. The van der Waals surface area contributed by atoms with Gasteiger partial charge in [-0.1, -0.05) is 24.3 Å². The zero-order chi connectivity index (χ0) is 11.7. The minimum Gasteiger partial charge on any atom is -0.330 e. The number of benzene rings is 1. The second-order valence-corrected chi connectivity index (χ2v) is 4.40. The second-order valence-electron chi connectivity index (χ2n) is 4.40. The molecule has 1 heterocycles. The first-order valence-corrected chi connectivity index (χ1v) is 5.98. The highest BCUT2D eigenvalue weighted by molar-refractivity contribution is 5.43. The topological polar surface area (TPSA) is 51.8 Å². The van der Waals surface area contributed by atoms with Gasteiger partial charge in [0.25, 0.3) is 0 Å². The van der Waals surface area contributed by atoms with Crippen LogP contribution in [0.25, 0.3) is 0 Å². The van der Waals surface area contributed by atoms with E-state index in [1.54, 1.807) is 0 Å². The van der Waals surface area contributed by atoms with E-state index in [1.807, 2.05) is 12.3 Å². The van der Waals surface area contributed by atoms with E-state index in [1.165, 1.54) is 11.1 Å². The van der Waals surface area contributed by atoms with E-state index in [0.717, 1.165) is 24.4 Å². The molecular formula is C14H15N3. The van der Waals surface area contributed by atoms with Crippen molar-refractivity contribution in [3.63, 3.8) is 0 Å². The Balaban J connectivity index is 1.89. The molecule has 0 aliphatic heterocycles. The SMILES string of the molecule is NCCc1ccnc(C2Cc3ccccc32)n1. The Bertz CT molecular complexity index is 536. The van der Waals surface area contributed by atoms with Crippen LogP contribution in [0.15, 0.2) is 36.5 Å². The van der Waals surface area contributed by atoms with E-state index in [4.69, 9.17) is 5.73 Å². The highest BCUT2D eigenvalue weighted by Gasteiger charge is 2.29. The van der Waals surface area contributed by atoms with Crippen molar-refractivity contribution >= 4 is 0 Å². The number of nitrogens with two attached hydrogens (primary N) is 1. The van der Waals surface area contributed by atoms with Gasteiger partial charge in [-0.3, -0.25) is 0 Å². The van der Waals surface area contributed by atoms with Crippen molar-refractivity contribution < 1.29 is 0 Å². The maximum Gasteiger partial charge on any atom is 0.136 e. The number of nitrogens with zero attached hydrogens (tertiary/aromatic N) is 2. The number of rotatable bonds is 3. The highest BCUT2D eigenvalue weighted by atomic mass is 14.9. The normalized spacial score (nSPS) is 17.4. The van der Waals surface area contributed by atoms with E-state index in [2.05, 4.69) is 34.2 Å². The van der Waals surface area contributed by atoms with Gasteiger partial charge in [0.15, 0.2) is 0 Å². The first-order valence-electron chi connectivity index (χ1n) is 5.98. The molecule has 0 saturated carbocycles. The molecule has 17 heavy (non-hydrogen) atoms. The van der Waals surface area contributed by atoms with Crippen LogP contribution in [0.5, 0.6) is 0 Å². The maximum atomic E-state index is 5.55. The minimum atomic E-state index is 0.379. The van der Waals surface area contributed by atoms with Gasteiger partial charge in [0, 0.05) is 24.2 Å². The van der Waals surface area contributed by atoms with Gasteiger partial charge in [-0.25, -0.2) is 9.97 Å². The van der Waals surface area contributed by atoms with Gasteiger partial charge >= 0.3 is 0 Å². The number of aromatic nitrogens is 2. The number of hydrogen-bond donors (Lipinski definition) is 1. The molecule has 1 aromatic heterocycles. The van der Waals surface area contributed by atoms with Crippen LogP contribution in [-0.4, -0.2) is 16.5 Å². The Hall–Kier alpha value is -1.74. The standard InChI is InChI=1S/C14H15N3/c15-7-5-11-6-8-16-14(17-11)13-9-10-3-1-2-4-12(10)13/h1-4,6,8,13H,5,7,9,15H2. The molecule has 3 nitrogen and oxygen atoms in total. The lowest BCUT2D eigenvalue weighted by atomic mass is 9.77. The van der Waals surface area contributed by atoms with E-state index >= 15 is 0 Å². The number of fused-ring (bicyclic) bond motifs is 1. The molecule has 0 bridgehead atoms. The van der Waals surface area contributed by atoms with Crippen LogP contribution in [0.3, 0.4) is 0 Å². The summed E-state index contributed by atoms with van der Waals surface area (Å²) in [6, 6.07) is 10.5. The van der Waals surface area contributed by atoms with E-state index in [-0.39, 0.29) is 0 Å². The molecular weight excluding hydrogens is 210 g/mol. The van der Waals surface area contributed by atoms with Crippen molar-refractivity contribution in [1.82, 2.24) is 9.97 Å². The lowest BCUT2D eigenvalue weighted by Gasteiger charge is -2.28. The minimum absolute atomic E-state index is 0.379. The quantitative estimate of drug-likeness (QED) is 0.864. The first-order chi connectivity index (χ1) is 8.38. The van der Waals surface area contributed by atoms with Gasteiger partial charge in [0.1, 0.15) is 5.82 Å². The van der Waals surface area contributed by atoms with Crippen LogP contribution in [0.4, 0.5) is 0 Å².